The van der Waals surface area contributed by atoms with Crippen molar-refractivity contribution < 1.29 is 0 Å². The van der Waals surface area contributed by atoms with Crippen LogP contribution < -0.4 is 0 Å². The summed E-state index contributed by atoms with van der Waals surface area (Å²) in [5.74, 6) is 0. The Bertz CT molecular complexity index is 1000. The molecule has 1 aromatic heterocycles. The summed E-state index contributed by atoms with van der Waals surface area (Å²) in [6.45, 7) is 14.3. The molecule has 0 fully saturated rings. The van der Waals surface area contributed by atoms with Crippen LogP contribution in [0.25, 0.3) is 22.0 Å². The first-order valence-corrected chi connectivity index (χ1v) is 9.65. The van der Waals surface area contributed by atoms with Gasteiger partial charge in [-0.1, -0.05) is 66.3 Å². The lowest BCUT2D eigenvalue weighted by Crippen LogP contribution is -1.92. The zero-order valence-electron chi connectivity index (χ0n) is 16.7. The molecular formula is C26H29N. The minimum atomic E-state index is 0.995. The molecule has 1 heterocycles. The van der Waals surface area contributed by atoms with Crippen LogP contribution in [-0.4, -0.2) is 4.98 Å². The van der Waals surface area contributed by atoms with Gasteiger partial charge in [-0.3, -0.25) is 0 Å². The summed E-state index contributed by atoms with van der Waals surface area (Å²) in [4.78, 5) is 3.71. The van der Waals surface area contributed by atoms with Gasteiger partial charge in [-0.15, -0.1) is 6.58 Å². The lowest BCUT2D eigenvalue weighted by Gasteiger charge is -2.08. The molecule has 0 amide bonds. The third-order valence-corrected chi connectivity index (χ3v) is 5.01. The van der Waals surface area contributed by atoms with Crippen molar-refractivity contribution in [2.24, 2.45) is 0 Å². The van der Waals surface area contributed by atoms with Gasteiger partial charge in [0.2, 0.25) is 0 Å². The normalized spacial score (nSPS) is 14.7. The van der Waals surface area contributed by atoms with Crippen molar-refractivity contribution in [3.63, 3.8) is 0 Å². The third-order valence-electron chi connectivity index (χ3n) is 5.01. The third kappa shape index (κ3) is 4.14. The van der Waals surface area contributed by atoms with Crippen LogP contribution in [0.1, 0.15) is 50.4 Å². The smallest absolute Gasteiger partial charge is 0.0468 e. The molecule has 1 aliphatic rings. The van der Waals surface area contributed by atoms with Crippen LogP contribution in [0.15, 0.2) is 79.0 Å². The summed E-state index contributed by atoms with van der Waals surface area (Å²) in [5, 5.41) is 1.31. The van der Waals surface area contributed by atoms with E-state index in [4.69, 9.17) is 0 Å². The van der Waals surface area contributed by atoms with Crippen molar-refractivity contribution >= 4 is 22.0 Å². The first-order chi connectivity index (χ1) is 13.0. The molecule has 0 unspecified atom stereocenters. The molecule has 0 bridgehead atoms. The van der Waals surface area contributed by atoms with E-state index in [1.807, 2.05) is 13.0 Å². The second-order valence-electron chi connectivity index (χ2n) is 7.44. The van der Waals surface area contributed by atoms with E-state index < -0.39 is 0 Å². The number of nitrogens with one attached hydrogen (secondary N) is 1. The molecule has 2 aromatic rings. The maximum absolute atomic E-state index is 4.08. The molecule has 1 N–H and O–H groups in total. The van der Waals surface area contributed by atoms with Crippen LogP contribution in [0.4, 0.5) is 0 Å². The Balaban J connectivity index is 2.11. The first-order valence-electron chi connectivity index (χ1n) is 9.65. The van der Waals surface area contributed by atoms with Gasteiger partial charge in [-0.25, -0.2) is 0 Å². The predicted octanol–water partition coefficient (Wildman–Crippen LogP) is 7.56. The summed E-state index contributed by atoms with van der Waals surface area (Å²) in [7, 11) is 0. The SMILES string of the molecule is C=C/C=C(\C=C/C)c1ccc2c(C3=CC=C(C)C3)c(CCC(=C)C)[nH]c2c1. The van der Waals surface area contributed by atoms with Gasteiger partial charge in [0.25, 0.3) is 0 Å². The van der Waals surface area contributed by atoms with Crippen LogP contribution in [-0.2, 0) is 6.42 Å². The van der Waals surface area contributed by atoms with Crippen LogP contribution in [0.3, 0.4) is 0 Å². The summed E-state index contributed by atoms with van der Waals surface area (Å²) >= 11 is 0. The Kier molecular flexibility index (Phi) is 5.81. The van der Waals surface area contributed by atoms with Crippen LogP contribution in [0, 0.1) is 0 Å². The molecule has 0 radical (unpaired) electrons. The van der Waals surface area contributed by atoms with Crippen molar-refractivity contribution in [2.45, 2.75) is 40.0 Å². The molecular weight excluding hydrogens is 326 g/mol. The number of aryl methyl sites for hydroxylation is 1. The van der Waals surface area contributed by atoms with E-state index in [-0.39, 0.29) is 0 Å². The van der Waals surface area contributed by atoms with Gasteiger partial charge in [0.15, 0.2) is 0 Å². The minimum absolute atomic E-state index is 0.995. The van der Waals surface area contributed by atoms with Gasteiger partial charge < -0.3 is 4.98 Å². The van der Waals surface area contributed by atoms with E-state index in [2.05, 4.69) is 80.6 Å². The van der Waals surface area contributed by atoms with E-state index >= 15 is 0 Å². The number of aromatic amines is 1. The monoisotopic (exact) mass is 355 g/mol. The fourth-order valence-corrected chi connectivity index (χ4v) is 3.71. The Morgan fingerprint density at radius 3 is 2.70 bits per heavy atom. The molecule has 0 aliphatic heterocycles. The summed E-state index contributed by atoms with van der Waals surface area (Å²) in [5.41, 5.74) is 10.3. The highest BCUT2D eigenvalue weighted by Crippen LogP contribution is 2.37. The molecule has 0 saturated carbocycles. The molecule has 1 aromatic carbocycles. The summed E-state index contributed by atoms with van der Waals surface area (Å²) in [6, 6.07) is 6.73. The van der Waals surface area contributed by atoms with E-state index in [0.29, 0.717) is 0 Å². The van der Waals surface area contributed by atoms with Crippen molar-refractivity contribution in [1.82, 2.24) is 4.98 Å². The Hall–Kier alpha value is -2.80. The molecule has 138 valence electrons. The van der Waals surface area contributed by atoms with Crippen LogP contribution >= 0.6 is 0 Å². The number of H-pyrrole nitrogens is 1. The van der Waals surface area contributed by atoms with Crippen LogP contribution in [0.2, 0.25) is 0 Å². The van der Waals surface area contributed by atoms with E-state index in [0.717, 1.165) is 19.3 Å². The Morgan fingerprint density at radius 2 is 2.07 bits per heavy atom. The average Bonchev–Trinajstić information content (AvgIpc) is 3.21. The van der Waals surface area contributed by atoms with Crippen molar-refractivity contribution in [3.8, 4) is 0 Å². The van der Waals surface area contributed by atoms with Gasteiger partial charge >= 0.3 is 0 Å². The molecule has 27 heavy (non-hydrogen) atoms. The lowest BCUT2D eigenvalue weighted by molar-refractivity contribution is 0.914. The second kappa shape index (κ2) is 8.26. The van der Waals surface area contributed by atoms with E-state index in [9.17, 15) is 0 Å². The molecule has 0 saturated heterocycles. The van der Waals surface area contributed by atoms with Gasteiger partial charge in [0.1, 0.15) is 0 Å². The topological polar surface area (TPSA) is 15.8 Å². The van der Waals surface area contributed by atoms with E-state index in [1.54, 1.807) is 0 Å². The molecule has 3 rings (SSSR count). The molecule has 1 heteroatoms. The van der Waals surface area contributed by atoms with Crippen molar-refractivity contribution in [1.29, 1.82) is 0 Å². The van der Waals surface area contributed by atoms with Crippen molar-refractivity contribution in [3.05, 3.63) is 95.8 Å². The number of allylic oxidation sites excluding steroid dienone is 10. The molecule has 0 spiro atoms. The van der Waals surface area contributed by atoms with Crippen LogP contribution in [0.5, 0.6) is 0 Å². The number of aromatic nitrogens is 1. The number of benzene rings is 1. The summed E-state index contributed by atoms with van der Waals surface area (Å²) < 4.78 is 0. The minimum Gasteiger partial charge on any atom is -0.358 e. The maximum Gasteiger partial charge on any atom is 0.0468 e. The number of fused-ring (bicyclic) bond motifs is 1. The maximum atomic E-state index is 4.08. The molecule has 1 nitrogen and oxygen atoms in total. The summed E-state index contributed by atoms with van der Waals surface area (Å²) in [6.07, 6.45) is 15.6. The quantitative estimate of drug-likeness (QED) is 0.390. The standard InChI is InChI=1S/C26H29N/c1-6-8-20(9-7-2)21-13-14-23-25(17-21)27-24(15-10-18(3)4)26(23)22-12-11-19(5)16-22/h6-9,11-14,17,27H,1,3,10,15-16H2,2,4-5H3/b9-7-,20-8+. The largest absolute Gasteiger partial charge is 0.358 e. The highest BCUT2D eigenvalue weighted by Gasteiger charge is 2.18. The fraction of sp³-hybridized carbons (Fsp3) is 0.231. The Morgan fingerprint density at radius 1 is 1.26 bits per heavy atom. The zero-order chi connectivity index (χ0) is 19.4. The number of hydrogen-bond donors (Lipinski definition) is 1. The number of rotatable bonds is 7. The fourth-order valence-electron chi connectivity index (χ4n) is 3.71. The van der Waals surface area contributed by atoms with Gasteiger partial charge in [0.05, 0.1) is 0 Å². The predicted molar refractivity (Wildman–Crippen MR) is 121 cm³/mol. The number of hydrogen-bond acceptors (Lipinski definition) is 0. The van der Waals surface area contributed by atoms with Gasteiger partial charge in [-0.05, 0) is 62.8 Å². The van der Waals surface area contributed by atoms with Gasteiger partial charge in [-0.2, -0.15) is 0 Å². The second-order valence-corrected chi connectivity index (χ2v) is 7.44. The highest BCUT2D eigenvalue weighted by molar-refractivity contribution is 5.97. The highest BCUT2D eigenvalue weighted by atomic mass is 14.7. The first kappa shape index (κ1) is 19.0. The lowest BCUT2D eigenvalue weighted by atomic mass is 9.96. The average molecular weight is 356 g/mol. The Labute approximate surface area is 163 Å². The van der Waals surface area contributed by atoms with E-state index in [1.165, 1.54) is 50.0 Å². The molecule has 1 aliphatic carbocycles. The zero-order valence-corrected chi connectivity index (χ0v) is 16.7. The molecule has 0 atom stereocenters. The van der Waals surface area contributed by atoms with Crippen molar-refractivity contribution in [2.75, 3.05) is 0 Å². The van der Waals surface area contributed by atoms with Gasteiger partial charge in [0, 0.05) is 22.2 Å².